The lowest BCUT2D eigenvalue weighted by atomic mass is 10.00. The van der Waals surface area contributed by atoms with Crippen LogP contribution in [0.4, 0.5) is 5.69 Å². The van der Waals surface area contributed by atoms with Crippen molar-refractivity contribution >= 4 is 11.6 Å². The highest BCUT2D eigenvalue weighted by atomic mass is 16.5. The van der Waals surface area contributed by atoms with Gasteiger partial charge in [0.1, 0.15) is 0 Å². The summed E-state index contributed by atoms with van der Waals surface area (Å²) in [5.41, 5.74) is 1.79. The lowest BCUT2D eigenvalue weighted by Crippen LogP contribution is -2.46. The van der Waals surface area contributed by atoms with E-state index in [9.17, 15) is 4.79 Å². The predicted molar refractivity (Wildman–Crippen MR) is 130 cm³/mol. The van der Waals surface area contributed by atoms with Crippen molar-refractivity contribution < 1.29 is 23.7 Å². The van der Waals surface area contributed by atoms with Crippen LogP contribution in [-0.4, -0.2) is 51.3 Å². The van der Waals surface area contributed by atoms with E-state index in [1.165, 1.54) is 0 Å². The van der Waals surface area contributed by atoms with E-state index in [4.69, 9.17) is 18.9 Å². The van der Waals surface area contributed by atoms with Gasteiger partial charge in [-0.3, -0.25) is 9.69 Å². The van der Waals surface area contributed by atoms with Gasteiger partial charge in [-0.2, -0.15) is 0 Å². The smallest absolute Gasteiger partial charge is 0.241 e. The maximum atomic E-state index is 13.3. The Labute approximate surface area is 197 Å². The molecular weight excluding hydrogens is 420 g/mol. The number of hydrogen-bond donors (Lipinski definition) is 1. The number of carbonyl (C=O) groups is 1. The van der Waals surface area contributed by atoms with E-state index in [-0.39, 0.29) is 11.9 Å². The molecule has 0 radical (unpaired) electrons. The average Bonchev–Trinajstić information content (AvgIpc) is 2.83. The van der Waals surface area contributed by atoms with Crippen molar-refractivity contribution in [1.82, 2.24) is 4.90 Å². The molecule has 0 saturated carbocycles. The molecule has 0 spiro atoms. The molecule has 0 bridgehead atoms. The van der Waals surface area contributed by atoms with Gasteiger partial charge in [-0.1, -0.05) is 26.3 Å². The lowest BCUT2D eigenvalue weighted by Gasteiger charge is -2.34. The van der Waals surface area contributed by atoms with Crippen LogP contribution in [0, 0.1) is 5.92 Å². The minimum Gasteiger partial charge on any atom is -0.493 e. The number of benzene rings is 2. The molecule has 1 heterocycles. The number of amides is 1. The minimum atomic E-state index is -0.200. The van der Waals surface area contributed by atoms with Crippen LogP contribution in [0.15, 0.2) is 36.4 Å². The summed E-state index contributed by atoms with van der Waals surface area (Å²) in [6, 6.07) is 11.2. The Bertz CT molecular complexity index is 931. The molecule has 2 aromatic rings. The Balaban J connectivity index is 1.72. The van der Waals surface area contributed by atoms with Crippen molar-refractivity contribution in [2.75, 3.05) is 39.8 Å². The third-order valence-corrected chi connectivity index (χ3v) is 5.75. The Morgan fingerprint density at radius 2 is 1.67 bits per heavy atom. The number of anilines is 1. The third kappa shape index (κ3) is 6.54. The Morgan fingerprint density at radius 1 is 0.970 bits per heavy atom. The number of nitrogens with one attached hydrogen (secondary N) is 1. The van der Waals surface area contributed by atoms with Crippen LogP contribution in [0.25, 0.3) is 0 Å². The van der Waals surface area contributed by atoms with Gasteiger partial charge in [0, 0.05) is 18.3 Å². The number of methoxy groups -OCH3 is 3. The van der Waals surface area contributed by atoms with Gasteiger partial charge in [-0.05, 0) is 55.1 Å². The van der Waals surface area contributed by atoms with Gasteiger partial charge >= 0.3 is 0 Å². The molecular formula is C26H36N2O5. The van der Waals surface area contributed by atoms with E-state index >= 15 is 0 Å². The monoisotopic (exact) mass is 456 g/mol. The largest absolute Gasteiger partial charge is 0.493 e. The third-order valence-electron chi connectivity index (χ3n) is 5.75. The molecule has 3 rings (SSSR count). The standard InChI is InChI=1S/C26H36N2O5/c1-18(2)17-33-25-15-20(10-12-23(25)31-4)27-26(29)21-8-6-7-13-28(21)16-19-9-11-22(30-3)24(14-19)32-5/h9-12,14-15,18,21H,6-8,13,16-17H2,1-5H3,(H,27,29)/t21-/m1/s1. The molecule has 1 atom stereocenters. The van der Waals surface area contributed by atoms with Crippen molar-refractivity contribution in [3.63, 3.8) is 0 Å². The second-order valence-corrected chi connectivity index (χ2v) is 8.73. The summed E-state index contributed by atoms with van der Waals surface area (Å²) in [4.78, 5) is 15.5. The highest BCUT2D eigenvalue weighted by molar-refractivity contribution is 5.95. The van der Waals surface area contributed by atoms with Crippen molar-refractivity contribution in [3.05, 3.63) is 42.0 Å². The molecule has 7 heteroatoms. The average molecular weight is 457 g/mol. The zero-order valence-electron chi connectivity index (χ0n) is 20.3. The van der Waals surface area contributed by atoms with Gasteiger partial charge in [0.25, 0.3) is 0 Å². The van der Waals surface area contributed by atoms with E-state index < -0.39 is 0 Å². The van der Waals surface area contributed by atoms with Crippen molar-refractivity contribution in [3.8, 4) is 23.0 Å². The molecule has 1 aliphatic rings. The quantitative estimate of drug-likeness (QED) is 0.557. The van der Waals surface area contributed by atoms with Crippen LogP contribution in [0.1, 0.15) is 38.7 Å². The normalized spacial score (nSPS) is 16.4. The molecule has 180 valence electrons. The summed E-state index contributed by atoms with van der Waals surface area (Å²) < 4.78 is 22.1. The van der Waals surface area contributed by atoms with Crippen LogP contribution in [0.3, 0.4) is 0 Å². The molecule has 0 aliphatic carbocycles. The van der Waals surface area contributed by atoms with E-state index in [2.05, 4.69) is 24.1 Å². The maximum absolute atomic E-state index is 13.3. The van der Waals surface area contributed by atoms with E-state index in [1.54, 1.807) is 21.3 Å². The van der Waals surface area contributed by atoms with Gasteiger partial charge in [0.05, 0.1) is 34.0 Å². The summed E-state index contributed by atoms with van der Waals surface area (Å²) in [6.45, 7) is 6.30. The summed E-state index contributed by atoms with van der Waals surface area (Å²) in [5, 5.41) is 3.09. The highest BCUT2D eigenvalue weighted by Gasteiger charge is 2.29. The highest BCUT2D eigenvalue weighted by Crippen LogP contribution is 2.32. The van der Waals surface area contributed by atoms with Crippen LogP contribution in [-0.2, 0) is 11.3 Å². The van der Waals surface area contributed by atoms with Crippen LogP contribution < -0.4 is 24.3 Å². The topological polar surface area (TPSA) is 69.3 Å². The Morgan fingerprint density at radius 3 is 2.36 bits per heavy atom. The molecule has 33 heavy (non-hydrogen) atoms. The number of carbonyl (C=O) groups excluding carboxylic acids is 1. The number of piperidine rings is 1. The van der Waals surface area contributed by atoms with Gasteiger partial charge in [-0.25, -0.2) is 0 Å². The fourth-order valence-corrected chi connectivity index (χ4v) is 4.04. The molecule has 1 saturated heterocycles. The van der Waals surface area contributed by atoms with E-state index in [0.29, 0.717) is 47.8 Å². The van der Waals surface area contributed by atoms with Crippen LogP contribution in [0.5, 0.6) is 23.0 Å². The molecule has 7 nitrogen and oxygen atoms in total. The van der Waals surface area contributed by atoms with E-state index in [1.807, 2.05) is 36.4 Å². The predicted octanol–water partition coefficient (Wildman–Crippen LogP) is 4.74. The molecule has 2 aromatic carbocycles. The Hall–Kier alpha value is -2.93. The van der Waals surface area contributed by atoms with Gasteiger partial charge < -0.3 is 24.3 Å². The summed E-state index contributed by atoms with van der Waals surface area (Å²) in [7, 11) is 4.87. The van der Waals surface area contributed by atoms with Gasteiger partial charge in [0.15, 0.2) is 23.0 Å². The number of nitrogens with zero attached hydrogens (tertiary/aromatic N) is 1. The number of likely N-dealkylation sites (tertiary alicyclic amines) is 1. The fourth-order valence-electron chi connectivity index (χ4n) is 4.04. The van der Waals surface area contributed by atoms with Crippen molar-refractivity contribution in [2.24, 2.45) is 5.92 Å². The summed E-state index contributed by atoms with van der Waals surface area (Å²) in [6.07, 6.45) is 2.94. The zero-order valence-corrected chi connectivity index (χ0v) is 20.3. The zero-order chi connectivity index (χ0) is 23.8. The van der Waals surface area contributed by atoms with Crippen molar-refractivity contribution in [1.29, 1.82) is 0 Å². The minimum absolute atomic E-state index is 0.00449. The molecule has 1 amide bonds. The van der Waals surface area contributed by atoms with Crippen LogP contribution in [0.2, 0.25) is 0 Å². The summed E-state index contributed by atoms with van der Waals surface area (Å²) in [5.74, 6) is 3.07. The molecule has 0 unspecified atom stereocenters. The van der Waals surface area contributed by atoms with Gasteiger partial charge in [0.2, 0.25) is 5.91 Å². The first-order chi connectivity index (χ1) is 15.9. The molecule has 1 aliphatic heterocycles. The second kappa shape index (κ2) is 11.8. The molecule has 1 fully saturated rings. The number of hydrogen-bond acceptors (Lipinski definition) is 6. The lowest BCUT2D eigenvalue weighted by molar-refractivity contribution is -0.122. The number of rotatable bonds is 10. The second-order valence-electron chi connectivity index (χ2n) is 8.73. The Kier molecular flexibility index (Phi) is 8.83. The maximum Gasteiger partial charge on any atom is 0.241 e. The first-order valence-corrected chi connectivity index (χ1v) is 11.5. The van der Waals surface area contributed by atoms with E-state index in [0.717, 1.165) is 31.4 Å². The fraction of sp³-hybridized carbons (Fsp3) is 0.500. The molecule has 1 N–H and O–H groups in total. The first-order valence-electron chi connectivity index (χ1n) is 11.5. The summed E-state index contributed by atoms with van der Waals surface area (Å²) >= 11 is 0. The van der Waals surface area contributed by atoms with Crippen molar-refractivity contribution in [2.45, 2.75) is 45.7 Å². The number of ether oxygens (including phenoxy) is 4. The van der Waals surface area contributed by atoms with Crippen LogP contribution >= 0.6 is 0 Å². The molecule has 0 aromatic heterocycles. The SMILES string of the molecule is COc1ccc(CN2CCCC[C@@H]2C(=O)Nc2ccc(OC)c(OCC(C)C)c2)cc1OC. The first kappa shape index (κ1) is 24.7. The van der Waals surface area contributed by atoms with Gasteiger partial charge in [-0.15, -0.1) is 0 Å².